The lowest BCUT2D eigenvalue weighted by Gasteiger charge is -2.36. The Kier molecular flexibility index (Phi) is 9.47. The van der Waals surface area contributed by atoms with Crippen molar-refractivity contribution in [1.29, 1.82) is 0 Å². The number of imidazole rings is 1. The maximum Gasteiger partial charge on any atom is 0.387 e. The van der Waals surface area contributed by atoms with Crippen LogP contribution in [0.3, 0.4) is 0 Å². The summed E-state index contributed by atoms with van der Waals surface area (Å²) in [5, 5.41) is 1.11. The molecule has 1 fully saturated rings. The van der Waals surface area contributed by atoms with Crippen molar-refractivity contribution >= 4 is 39.7 Å². The fraction of sp³-hybridized carbons (Fsp3) is 0.375. The molecular weight excluding hydrogens is 714 g/mol. The number of halogens is 3. The number of hydrogen-bond acceptors (Lipinski definition) is 7. The summed E-state index contributed by atoms with van der Waals surface area (Å²) in [5.41, 5.74) is 5.96. The second-order valence-electron chi connectivity index (χ2n) is 15.3. The summed E-state index contributed by atoms with van der Waals surface area (Å²) in [7, 11) is 0. The molecule has 2 aromatic carbocycles. The Morgan fingerprint density at radius 2 is 1.72 bits per heavy atom. The van der Waals surface area contributed by atoms with E-state index in [9.17, 15) is 18.4 Å². The summed E-state index contributed by atoms with van der Waals surface area (Å²) < 4.78 is 35.4. The zero-order valence-electron chi connectivity index (χ0n) is 30.4. The van der Waals surface area contributed by atoms with Gasteiger partial charge in [0.15, 0.2) is 5.65 Å². The molecule has 4 aromatic heterocycles. The lowest BCUT2D eigenvalue weighted by Crippen LogP contribution is -2.41. The van der Waals surface area contributed by atoms with E-state index in [0.29, 0.717) is 48.5 Å². The van der Waals surface area contributed by atoms with Gasteiger partial charge in [-0.1, -0.05) is 32.9 Å². The van der Waals surface area contributed by atoms with Gasteiger partial charge in [-0.05, 0) is 95.9 Å². The number of alkyl halides is 2. The fourth-order valence-electron chi connectivity index (χ4n) is 8.07. The normalized spacial score (nSPS) is 15.7. The first-order chi connectivity index (χ1) is 25.9. The zero-order valence-corrected chi connectivity index (χ0v) is 31.1. The number of likely N-dealkylation sites (tertiary alicyclic amines) is 1. The minimum atomic E-state index is -2.89. The number of carbonyl (C=O) groups is 1. The van der Waals surface area contributed by atoms with E-state index in [0.717, 1.165) is 60.3 Å². The molecule has 0 radical (unpaired) electrons. The van der Waals surface area contributed by atoms with Gasteiger partial charge in [0.2, 0.25) is 5.28 Å². The molecule has 11 nitrogen and oxygen atoms in total. The van der Waals surface area contributed by atoms with Crippen LogP contribution in [-0.2, 0) is 19.5 Å². The Hall–Kier alpha value is -5.14. The third-order valence-corrected chi connectivity index (χ3v) is 10.6. The first-order valence-corrected chi connectivity index (χ1v) is 18.6. The van der Waals surface area contributed by atoms with Gasteiger partial charge in [0, 0.05) is 61.6 Å². The minimum absolute atomic E-state index is 0.0297. The van der Waals surface area contributed by atoms with Crippen molar-refractivity contribution < 1.29 is 18.3 Å². The minimum Gasteiger partial charge on any atom is -0.435 e. The number of piperidine rings is 1. The van der Waals surface area contributed by atoms with Crippen LogP contribution in [0, 0.1) is 5.41 Å². The first kappa shape index (κ1) is 35.9. The van der Waals surface area contributed by atoms with Crippen LogP contribution in [0.4, 0.5) is 8.78 Å². The van der Waals surface area contributed by atoms with E-state index in [1.807, 2.05) is 17.0 Å². The lowest BCUT2D eigenvalue weighted by molar-refractivity contribution is -0.0498. The van der Waals surface area contributed by atoms with Gasteiger partial charge in [0.25, 0.3) is 5.91 Å². The summed E-state index contributed by atoms with van der Waals surface area (Å²) in [5.74, 6) is -0.0351. The summed E-state index contributed by atoms with van der Waals surface area (Å²) in [6.07, 6.45) is 5.62. The number of fused-ring (bicyclic) bond motifs is 4. The van der Waals surface area contributed by atoms with Gasteiger partial charge < -0.3 is 19.1 Å². The summed E-state index contributed by atoms with van der Waals surface area (Å²) in [4.78, 5) is 45.9. The molecule has 0 spiro atoms. The predicted molar refractivity (Wildman–Crippen MR) is 203 cm³/mol. The average molecular weight is 755 g/mol. The van der Waals surface area contributed by atoms with Crippen LogP contribution in [0.5, 0.6) is 5.75 Å². The summed E-state index contributed by atoms with van der Waals surface area (Å²) in [6.45, 7) is 7.93. The molecule has 8 rings (SSSR count). The number of amides is 1. The Bertz CT molecular complexity index is 2390. The molecule has 0 aliphatic carbocycles. The zero-order chi connectivity index (χ0) is 37.7. The van der Waals surface area contributed by atoms with E-state index in [4.69, 9.17) is 11.6 Å². The van der Waals surface area contributed by atoms with Gasteiger partial charge >= 0.3 is 12.3 Å². The highest BCUT2D eigenvalue weighted by Gasteiger charge is 2.30. The fourth-order valence-corrected chi connectivity index (χ4v) is 8.19. The van der Waals surface area contributed by atoms with E-state index < -0.39 is 6.61 Å². The van der Waals surface area contributed by atoms with Gasteiger partial charge in [-0.25, -0.2) is 14.8 Å². The average Bonchev–Trinajstić information content (AvgIpc) is 3.61. The van der Waals surface area contributed by atoms with Crippen LogP contribution in [0.2, 0.25) is 5.28 Å². The first-order valence-electron chi connectivity index (χ1n) is 18.2. The highest BCUT2D eigenvalue weighted by atomic mass is 35.5. The monoisotopic (exact) mass is 754 g/mol. The maximum absolute atomic E-state index is 14.2. The highest BCUT2D eigenvalue weighted by molar-refractivity contribution is 6.28. The van der Waals surface area contributed by atoms with E-state index >= 15 is 0 Å². The van der Waals surface area contributed by atoms with Crippen LogP contribution in [0.15, 0.2) is 77.9 Å². The SMILES string of the molecule is CC(C)(C)CN1CCC(n2c(=O)n(-c3ccc(C(=O)N4CCc5c(n(Cc6ccc(OC(F)F)cc6)c6ncccc56)C4)cc3)c3cnc(Cl)nc32)CC1. The molecule has 2 aliphatic heterocycles. The van der Waals surface area contributed by atoms with Crippen molar-refractivity contribution in [1.82, 2.24) is 38.5 Å². The number of nitrogens with zero attached hydrogens (tertiary/aromatic N) is 8. The number of rotatable bonds is 8. The van der Waals surface area contributed by atoms with Crippen molar-refractivity contribution in [3.63, 3.8) is 0 Å². The second kappa shape index (κ2) is 14.3. The van der Waals surface area contributed by atoms with Gasteiger partial charge in [-0.15, -0.1) is 0 Å². The van der Waals surface area contributed by atoms with E-state index in [-0.39, 0.29) is 34.1 Å². The number of pyridine rings is 1. The maximum atomic E-state index is 14.2. The van der Waals surface area contributed by atoms with Crippen molar-refractivity contribution in [3.05, 3.63) is 111 Å². The van der Waals surface area contributed by atoms with E-state index in [2.05, 4.69) is 49.9 Å². The second-order valence-corrected chi connectivity index (χ2v) is 15.7. The number of carbonyl (C=O) groups excluding carboxylic acids is 1. The summed E-state index contributed by atoms with van der Waals surface area (Å²) >= 11 is 6.26. The number of benzene rings is 2. The third-order valence-electron chi connectivity index (χ3n) is 10.4. The van der Waals surface area contributed by atoms with Crippen LogP contribution in [0.25, 0.3) is 27.9 Å². The molecular formula is C40H41ClF2N8O3. The molecule has 6 aromatic rings. The molecule has 0 saturated carbocycles. The predicted octanol–water partition coefficient (Wildman–Crippen LogP) is 7.12. The highest BCUT2D eigenvalue weighted by Crippen LogP contribution is 2.32. The van der Waals surface area contributed by atoms with E-state index in [1.54, 1.807) is 57.9 Å². The van der Waals surface area contributed by atoms with Crippen molar-refractivity contribution in [3.8, 4) is 11.4 Å². The number of hydrogen-bond donors (Lipinski definition) is 0. The van der Waals surface area contributed by atoms with Gasteiger partial charge in [-0.3, -0.25) is 13.9 Å². The molecule has 0 atom stereocenters. The number of ether oxygens (including phenoxy) is 1. The van der Waals surface area contributed by atoms with Gasteiger partial charge in [0.05, 0.1) is 18.4 Å². The topological polar surface area (TPSA) is 103 Å². The molecule has 2 aliphatic rings. The van der Waals surface area contributed by atoms with Crippen molar-refractivity contribution in [2.75, 3.05) is 26.2 Å². The van der Waals surface area contributed by atoms with Crippen LogP contribution in [-0.4, -0.2) is 77.2 Å². The standard InChI is InChI=1S/C40H41ClF2N8O3/c1-40(2,3)24-47-18-14-28(15-19-47)51-35-32(21-45-37(41)46-35)50(39(51)53)27-10-8-26(9-11-27)36(52)48-20-16-30-31-5-4-17-44-34(31)49(33(30)23-48)22-25-6-12-29(13-7-25)54-38(42)43/h4-13,17,21,28,38H,14-16,18-20,22-24H2,1-3H3. The van der Waals surface area contributed by atoms with Crippen LogP contribution in [0.1, 0.15) is 66.8 Å². The largest absolute Gasteiger partial charge is 0.435 e. The Labute approximate surface area is 315 Å². The molecule has 280 valence electrons. The quantitative estimate of drug-likeness (QED) is 0.153. The van der Waals surface area contributed by atoms with Crippen LogP contribution < -0.4 is 10.4 Å². The molecule has 6 heterocycles. The van der Waals surface area contributed by atoms with Crippen molar-refractivity contribution in [2.24, 2.45) is 5.41 Å². The molecule has 0 unspecified atom stereocenters. The van der Waals surface area contributed by atoms with Gasteiger partial charge in [0.1, 0.15) is 16.9 Å². The molecule has 0 bridgehead atoms. The van der Waals surface area contributed by atoms with Gasteiger partial charge in [-0.2, -0.15) is 13.8 Å². The molecule has 1 amide bonds. The number of aromatic nitrogens is 6. The molecule has 54 heavy (non-hydrogen) atoms. The summed E-state index contributed by atoms with van der Waals surface area (Å²) in [6, 6.07) is 17.6. The van der Waals surface area contributed by atoms with E-state index in [1.165, 1.54) is 12.1 Å². The van der Waals surface area contributed by atoms with Crippen molar-refractivity contribution in [2.45, 2.75) is 65.8 Å². The molecule has 14 heteroatoms. The third kappa shape index (κ3) is 6.98. The Balaban J connectivity index is 1.04. The Morgan fingerprint density at radius 3 is 2.43 bits per heavy atom. The molecule has 0 N–H and O–H groups in total. The van der Waals surface area contributed by atoms with Crippen LogP contribution >= 0.6 is 11.6 Å². The lowest BCUT2D eigenvalue weighted by atomic mass is 9.94. The molecule has 1 saturated heterocycles. The Morgan fingerprint density at radius 1 is 0.981 bits per heavy atom. The smallest absolute Gasteiger partial charge is 0.387 e.